The van der Waals surface area contributed by atoms with Gasteiger partial charge in [0.15, 0.2) is 11.5 Å². The van der Waals surface area contributed by atoms with Crippen LogP contribution in [-0.4, -0.2) is 48.8 Å². The van der Waals surface area contributed by atoms with Crippen LogP contribution in [0.25, 0.3) is 22.8 Å². The van der Waals surface area contributed by atoms with Crippen molar-refractivity contribution in [3.05, 3.63) is 10.6 Å². The Kier molecular flexibility index (Phi) is 4.06. The summed E-state index contributed by atoms with van der Waals surface area (Å²) in [5.41, 5.74) is 1.45. The van der Waals surface area contributed by atoms with Crippen molar-refractivity contribution in [2.45, 2.75) is 45.1 Å². The Bertz CT molecular complexity index is 1060. The molecule has 5 rings (SSSR count). The van der Waals surface area contributed by atoms with E-state index in [-0.39, 0.29) is 5.82 Å². The fraction of sp³-hybridized carbons (Fsp3) is 0.611. The molecule has 0 amide bonds. The molecule has 1 saturated heterocycles. The smallest absolute Gasteiger partial charge is 0.365 e. The quantitative estimate of drug-likeness (QED) is 0.685. The number of nitrogens with one attached hydrogen (secondary N) is 2. The highest BCUT2D eigenvalue weighted by Gasteiger charge is 2.27. The van der Waals surface area contributed by atoms with E-state index in [1.54, 1.807) is 0 Å². The van der Waals surface area contributed by atoms with E-state index in [0.29, 0.717) is 29.2 Å². The molecule has 28 heavy (non-hydrogen) atoms. The second-order valence-corrected chi connectivity index (χ2v) is 7.80. The zero-order chi connectivity index (χ0) is 19.3. The molecule has 3 aromatic heterocycles. The third-order valence-electron chi connectivity index (χ3n) is 5.97. The fourth-order valence-electron chi connectivity index (χ4n) is 4.11. The van der Waals surface area contributed by atoms with Crippen molar-refractivity contribution >= 4 is 22.9 Å². The molecule has 3 aromatic rings. The van der Waals surface area contributed by atoms with Gasteiger partial charge in [-0.15, -0.1) is 0 Å². The second kappa shape index (κ2) is 6.61. The van der Waals surface area contributed by atoms with Crippen LogP contribution in [0.1, 0.15) is 39.0 Å². The van der Waals surface area contributed by atoms with Crippen LogP contribution >= 0.6 is 0 Å². The molecule has 2 fully saturated rings. The van der Waals surface area contributed by atoms with Gasteiger partial charge < -0.3 is 14.8 Å². The van der Waals surface area contributed by atoms with Crippen LogP contribution in [0, 0.1) is 5.92 Å². The largest absolute Gasteiger partial charge is 0.439 e. The maximum atomic E-state index is 11.4. The van der Waals surface area contributed by atoms with E-state index >= 15 is 0 Å². The first-order valence-electron chi connectivity index (χ1n) is 9.92. The summed E-state index contributed by atoms with van der Waals surface area (Å²) in [5, 5.41) is 7.31. The van der Waals surface area contributed by atoms with E-state index in [0.717, 1.165) is 24.6 Å². The third-order valence-corrected chi connectivity index (χ3v) is 5.97. The minimum atomic E-state index is -0.630. The topological polar surface area (TPSA) is 118 Å². The number of rotatable bonds is 5. The molecule has 0 aromatic carbocycles. The molecule has 1 aliphatic carbocycles. The minimum Gasteiger partial charge on any atom is -0.365 e. The normalized spacial score (nSPS) is 18.6. The number of imidazole rings is 1. The number of aromatic amines is 1. The van der Waals surface area contributed by atoms with E-state index in [2.05, 4.69) is 46.3 Å². The molecule has 148 valence electrons. The van der Waals surface area contributed by atoms with Gasteiger partial charge in [0.1, 0.15) is 5.52 Å². The maximum absolute atomic E-state index is 11.4. The highest BCUT2D eigenvalue weighted by Crippen LogP contribution is 2.33. The lowest BCUT2D eigenvalue weighted by Crippen LogP contribution is -2.31. The van der Waals surface area contributed by atoms with Crippen LogP contribution in [0.3, 0.4) is 0 Å². The molecule has 1 unspecified atom stereocenters. The zero-order valence-corrected chi connectivity index (χ0v) is 16.1. The number of fused-ring (bicyclic) bond motifs is 1. The van der Waals surface area contributed by atoms with Gasteiger partial charge in [-0.3, -0.25) is 9.51 Å². The third kappa shape index (κ3) is 2.83. The molecule has 1 aliphatic heterocycles. The van der Waals surface area contributed by atoms with Crippen molar-refractivity contribution in [2.24, 2.45) is 13.0 Å². The molecule has 10 heteroatoms. The Morgan fingerprint density at radius 2 is 1.96 bits per heavy atom. The van der Waals surface area contributed by atoms with Gasteiger partial charge in [0.2, 0.25) is 17.6 Å². The number of nitrogens with zero attached hydrogens (tertiary/aromatic N) is 6. The zero-order valence-electron chi connectivity index (χ0n) is 16.1. The van der Waals surface area contributed by atoms with Crippen LogP contribution in [0.15, 0.2) is 9.32 Å². The van der Waals surface area contributed by atoms with Gasteiger partial charge in [0.25, 0.3) is 0 Å². The van der Waals surface area contributed by atoms with Crippen molar-refractivity contribution in [3.63, 3.8) is 0 Å². The van der Waals surface area contributed by atoms with Gasteiger partial charge in [-0.05, 0) is 38.5 Å². The predicted octanol–water partition coefficient (Wildman–Crippen LogP) is 1.91. The first-order valence-corrected chi connectivity index (χ1v) is 9.92. The Hall–Kier alpha value is -2.91. The van der Waals surface area contributed by atoms with Crippen LogP contribution < -0.4 is 16.0 Å². The summed E-state index contributed by atoms with van der Waals surface area (Å²) in [7, 11) is 2.00. The molecule has 1 atom stereocenters. The summed E-state index contributed by atoms with van der Waals surface area (Å²) < 4.78 is 6.69. The van der Waals surface area contributed by atoms with Crippen molar-refractivity contribution in [2.75, 3.05) is 23.3 Å². The average molecular weight is 384 g/mol. The Labute approximate surface area is 161 Å². The second-order valence-electron chi connectivity index (χ2n) is 7.80. The minimum absolute atomic E-state index is 0.208. The van der Waals surface area contributed by atoms with Gasteiger partial charge in [-0.2, -0.15) is 4.98 Å². The summed E-state index contributed by atoms with van der Waals surface area (Å²) in [6.45, 7) is 4.18. The molecule has 10 nitrogen and oxygen atoms in total. The first kappa shape index (κ1) is 17.2. The molecular formula is C18H24N8O2. The lowest BCUT2D eigenvalue weighted by Gasteiger charge is -2.32. The summed E-state index contributed by atoms with van der Waals surface area (Å²) in [5.74, 6) is 2.13. The Balaban J connectivity index is 1.63. The molecule has 0 radical (unpaired) electrons. The van der Waals surface area contributed by atoms with Gasteiger partial charge in [-0.1, -0.05) is 11.6 Å². The van der Waals surface area contributed by atoms with Gasteiger partial charge in [0.05, 0.1) is 0 Å². The number of H-pyrrole nitrogens is 1. The van der Waals surface area contributed by atoms with E-state index in [1.165, 1.54) is 32.1 Å². The first-order chi connectivity index (χ1) is 13.6. The summed E-state index contributed by atoms with van der Waals surface area (Å²) in [4.78, 5) is 30.2. The van der Waals surface area contributed by atoms with Crippen LogP contribution in [0.5, 0.6) is 0 Å². The number of hydrogen-bond donors (Lipinski definition) is 2. The SMILES string of the molecule is CC(Nc1nc(-c2noc(=O)[nH]2)nc2nc(N3CCCC3)n(C)c12)C1CCC1. The molecule has 4 heterocycles. The van der Waals surface area contributed by atoms with Crippen LogP contribution in [-0.2, 0) is 7.05 Å². The van der Waals surface area contributed by atoms with E-state index < -0.39 is 5.76 Å². The lowest BCUT2D eigenvalue weighted by atomic mass is 9.80. The number of aromatic nitrogens is 6. The molecule has 2 aliphatic rings. The number of aryl methyl sites for hydroxylation is 1. The molecular weight excluding hydrogens is 360 g/mol. The molecule has 2 N–H and O–H groups in total. The van der Waals surface area contributed by atoms with Crippen molar-refractivity contribution in [3.8, 4) is 11.6 Å². The maximum Gasteiger partial charge on any atom is 0.439 e. The number of hydrogen-bond acceptors (Lipinski definition) is 8. The monoisotopic (exact) mass is 384 g/mol. The summed E-state index contributed by atoms with van der Waals surface area (Å²) in [6, 6.07) is 0.293. The average Bonchev–Trinajstić information content (AvgIpc) is 3.33. The highest BCUT2D eigenvalue weighted by molar-refractivity contribution is 5.87. The van der Waals surface area contributed by atoms with Crippen molar-refractivity contribution in [1.29, 1.82) is 0 Å². The van der Waals surface area contributed by atoms with Crippen LogP contribution in [0.2, 0.25) is 0 Å². The fourth-order valence-corrected chi connectivity index (χ4v) is 4.11. The van der Waals surface area contributed by atoms with E-state index in [4.69, 9.17) is 4.98 Å². The lowest BCUT2D eigenvalue weighted by molar-refractivity contribution is 0.285. The van der Waals surface area contributed by atoms with Crippen molar-refractivity contribution in [1.82, 2.24) is 29.7 Å². The van der Waals surface area contributed by atoms with Crippen molar-refractivity contribution < 1.29 is 4.52 Å². The predicted molar refractivity (Wildman–Crippen MR) is 104 cm³/mol. The summed E-state index contributed by atoms with van der Waals surface area (Å²) in [6.07, 6.45) is 6.09. The highest BCUT2D eigenvalue weighted by atomic mass is 16.5. The van der Waals surface area contributed by atoms with Gasteiger partial charge in [0, 0.05) is 26.2 Å². The van der Waals surface area contributed by atoms with Gasteiger partial charge in [-0.25, -0.2) is 14.8 Å². The number of anilines is 2. The van der Waals surface area contributed by atoms with E-state index in [1.807, 2.05) is 7.05 Å². The van der Waals surface area contributed by atoms with Gasteiger partial charge >= 0.3 is 5.76 Å². The molecule has 0 spiro atoms. The Morgan fingerprint density at radius 3 is 2.61 bits per heavy atom. The van der Waals surface area contributed by atoms with E-state index in [9.17, 15) is 4.79 Å². The summed E-state index contributed by atoms with van der Waals surface area (Å²) >= 11 is 0. The molecule has 0 bridgehead atoms. The molecule has 1 saturated carbocycles. The Morgan fingerprint density at radius 1 is 1.18 bits per heavy atom. The standard InChI is InChI=1S/C18H24N8O2/c1-10(11-6-5-7-11)19-13-12-14(21-15(20-13)16-23-18(27)28-24-16)22-17(25(12)2)26-8-3-4-9-26/h10-11H,3-9H2,1-2H3,(H,19,20,21)(H,23,24,27). The van der Waals surface area contributed by atoms with Crippen LogP contribution in [0.4, 0.5) is 11.8 Å².